The van der Waals surface area contributed by atoms with Crippen molar-refractivity contribution in [3.05, 3.63) is 0 Å². The Bertz CT molecular complexity index is 317. The Labute approximate surface area is 113 Å². The van der Waals surface area contributed by atoms with Gasteiger partial charge in [0.2, 0.25) is 0 Å². The summed E-state index contributed by atoms with van der Waals surface area (Å²) in [5.74, 6) is 0.487. The normalized spacial score (nSPS) is 34.3. The lowest BCUT2D eigenvalue weighted by atomic mass is 9.89. The van der Waals surface area contributed by atoms with Crippen molar-refractivity contribution in [1.29, 1.82) is 0 Å². The van der Waals surface area contributed by atoms with Gasteiger partial charge in [0.25, 0.3) is 0 Å². The first-order chi connectivity index (χ1) is 7.93. The molecule has 0 N–H and O–H groups in total. The van der Waals surface area contributed by atoms with Crippen LogP contribution in [0.4, 0.5) is 0 Å². The Morgan fingerprint density at radius 1 is 1.00 bits per heavy atom. The molecule has 0 bridgehead atoms. The Kier molecular flexibility index (Phi) is 4.51. The molecule has 0 aliphatic carbocycles. The molecule has 3 nitrogen and oxygen atoms in total. The fraction of sp³-hybridized carbons (Fsp3) is 0.923. The molecule has 1 aliphatic rings. The molecule has 0 aromatic carbocycles. The molecule has 1 heterocycles. The molecule has 0 unspecified atom stereocenters. The van der Waals surface area contributed by atoms with Crippen LogP contribution < -0.4 is 0 Å². The summed E-state index contributed by atoms with van der Waals surface area (Å²) in [5.41, 5.74) is 0.112. The summed E-state index contributed by atoms with van der Waals surface area (Å²) in [6, 6.07) is 0. The highest BCUT2D eigenvalue weighted by molar-refractivity contribution is 6.77. The second-order valence-corrected chi connectivity index (χ2v) is 17.4. The quantitative estimate of drug-likeness (QED) is 0.590. The lowest BCUT2D eigenvalue weighted by Crippen LogP contribution is -2.57. The maximum absolute atomic E-state index is 12.2. The zero-order chi connectivity index (χ0) is 14.3. The summed E-state index contributed by atoms with van der Waals surface area (Å²) in [4.78, 5) is 12.2. The Hall–Kier alpha value is -0.136. The lowest BCUT2D eigenvalue weighted by molar-refractivity contribution is -0.171. The van der Waals surface area contributed by atoms with Crippen LogP contribution >= 0.6 is 0 Å². The number of rotatable bonds is 3. The molecule has 1 rings (SSSR count). The summed E-state index contributed by atoms with van der Waals surface area (Å²) in [5, 5.41) is 0. The Morgan fingerprint density at radius 3 is 1.89 bits per heavy atom. The highest BCUT2D eigenvalue weighted by atomic mass is 28.4. The molecular weight excluding hydrogens is 260 g/mol. The number of carbonyl (C=O) groups excluding carboxylic acids is 1. The van der Waals surface area contributed by atoms with E-state index in [4.69, 9.17) is 9.16 Å². The van der Waals surface area contributed by atoms with Crippen molar-refractivity contribution in [2.75, 3.05) is 0 Å². The van der Waals surface area contributed by atoms with E-state index >= 15 is 0 Å². The van der Waals surface area contributed by atoms with Gasteiger partial charge in [-0.1, -0.05) is 33.5 Å². The van der Waals surface area contributed by atoms with Crippen molar-refractivity contribution >= 4 is 22.4 Å². The number of hydrogen-bond acceptors (Lipinski definition) is 3. The van der Waals surface area contributed by atoms with Crippen LogP contribution in [0.5, 0.6) is 0 Å². The third-order valence-electron chi connectivity index (χ3n) is 3.59. The van der Waals surface area contributed by atoms with Crippen LogP contribution in [0.2, 0.25) is 39.3 Å². The van der Waals surface area contributed by atoms with Gasteiger partial charge < -0.3 is 9.16 Å². The predicted molar refractivity (Wildman–Crippen MR) is 79.8 cm³/mol. The zero-order valence-electron chi connectivity index (χ0n) is 13.0. The average Bonchev–Trinajstić information content (AvgIpc) is 2.15. The van der Waals surface area contributed by atoms with Gasteiger partial charge in [0, 0.05) is 0 Å². The van der Waals surface area contributed by atoms with Gasteiger partial charge in [-0.25, -0.2) is 4.79 Å². The smallest absolute Gasteiger partial charge is 0.334 e. The van der Waals surface area contributed by atoms with Crippen molar-refractivity contribution in [2.24, 2.45) is 11.8 Å². The largest absolute Gasteiger partial charge is 0.464 e. The molecule has 0 aromatic rings. The van der Waals surface area contributed by atoms with Crippen LogP contribution in [0.1, 0.15) is 13.8 Å². The predicted octanol–water partition coefficient (Wildman–Crippen LogP) is 3.28. The molecule has 0 saturated carbocycles. The average molecular weight is 289 g/mol. The van der Waals surface area contributed by atoms with Gasteiger partial charge in [0.05, 0.1) is 13.8 Å². The number of ether oxygens (including phenoxy) is 1. The summed E-state index contributed by atoms with van der Waals surface area (Å²) in [7, 11) is -3.19. The van der Waals surface area contributed by atoms with Crippen molar-refractivity contribution in [3.63, 3.8) is 0 Å². The molecule has 0 spiro atoms. The fourth-order valence-corrected chi connectivity index (χ4v) is 5.99. The molecule has 0 amide bonds. The van der Waals surface area contributed by atoms with Gasteiger partial charge in [-0.3, -0.25) is 0 Å². The number of cyclic esters (lactones) is 1. The van der Waals surface area contributed by atoms with Crippen molar-refractivity contribution in [2.45, 2.75) is 65.0 Å². The van der Waals surface area contributed by atoms with E-state index < -0.39 is 16.4 Å². The first kappa shape index (κ1) is 15.9. The van der Waals surface area contributed by atoms with Crippen LogP contribution in [0.25, 0.3) is 0 Å². The van der Waals surface area contributed by atoms with E-state index in [1.54, 1.807) is 0 Å². The zero-order valence-corrected chi connectivity index (χ0v) is 15.0. The molecule has 1 aliphatic heterocycles. The van der Waals surface area contributed by atoms with Crippen LogP contribution in [-0.4, -0.2) is 34.2 Å². The van der Waals surface area contributed by atoms with Crippen molar-refractivity contribution in [3.8, 4) is 0 Å². The molecule has 18 heavy (non-hydrogen) atoms. The van der Waals surface area contributed by atoms with Crippen LogP contribution in [0, 0.1) is 11.8 Å². The summed E-state index contributed by atoms with van der Waals surface area (Å²) < 4.78 is 11.7. The minimum Gasteiger partial charge on any atom is -0.464 e. The van der Waals surface area contributed by atoms with Gasteiger partial charge in [-0.2, -0.15) is 0 Å². The van der Waals surface area contributed by atoms with Gasteiger partial charge in [0.15, 0.2) is 8.32 Å². The highest BCUT2D eigenvalue weighted by Gasteiger charge is 2.47. The molecule has 1 saturated heterocycles. The number of hydrogen-bond donors (Lipinski definition) is 0. The molecular formula is C13H28O3Si2. The molecule has 106 valence electrons. The maximum Gasteiger partial charge on any atom is 0.334 e. The number of carbonyl (C=O) groups is 1. The van der Waals surface area contributed by atoms with Crippen molar-refractivity contribution in [1.82, 2.24) is 0 Å². The SMILES string of the molecule is C[C@H]1[C@H](C)[C@@H]([Si](C)(C)C)OC(=O)[C@@H]1O[Si](C)(C)C. The van der Waals surface area contributed by atoms with E-state index in [-0.39, 0.29) is 23.7 Å². The molecule has 4 atom stereocenters. The minimum atomic E-state index is -1.72. The van der Waals surface area contributed by atoms with Crippen LogP contribution in [-0.2, 0) is 14.0 Å². The van der Waals surface area contributed by atoms with E-state index in [1.165, 1.54) is 0 Å². The van der Waals surface area contributed by atoms with E-state index in [0.29, 0.717) is 5.92 Å². The van der Waals surface area contributed by atoms with Gasteiger partial charge in [-0.05, 0) is 31.5 Å². The third kappa shape index (κ3) is 3.68. The monoisotopic (exact) mass is 288 g/mol. The summed E-state index contributed by atoms with van der Waals surface area (Å²) >= 11 is 0. The first-order valence-electron chi connectivity index (χ1n) is 6.82. The molecule has 0 aromatic heterocycles. The van der Waals surface area contributed by atoms with E-state index in [1.807, 2.05) is 0 Å². The van der Waals surface area contributed by atoms with Crippen LogP contribution in [0.3, 0.4) is 0 Å². The standard InChI is InChI=1S/C13H28O3Si2/c1-9-10(2)13(17(3,4)5)15-12(14)11(9)16-18(6,7)8/h9-11,13H,1-8H3/t9-,10-,11+,13+/m0/s1. The van der Waals surface area contributed by atoms with Gasteiger partial charge in [0.1, 0.15) is 6.10 Å². The Balaban J connectivity index is 2.88. The minimum absolute atomic E-state index is 0.112. The van der Waals surface area contributed by atoms with E-state index in [0.717, 1.165) is 0 Å². The van der Waals surface area contributed by atoms with Crippen LogP contribution in [0.15, 0.2) is 0 Å². The molecule has 5 heteroatoms. The lowest BCUT2D eigenvalue weighted by Gasteiger charge is -2.44. The summed E-state index contributed by atoms with van der Waals surface area (Å²) in [6.45, 7) is 17.4. The van der Waals surface area contributed by atoms with Gasteiger partial charge in [-0.15, -0.1) is 0 Å². The topological polar surface area (TPSA) is 35.5 Å². The maximum atomic E-state index is 12.2. The second-order valence-electron chi connectivity index (χ2n) is 7.59. The highest BCUT2D eigenvalue weighted by Crippen LogP contribution is 2.35. The van der Waals surface area contributed by atoms with E-state index in [9.17, 15) is 4.79 Å². The summed E-state index contributed by atoms with van der Waals surface area (Å²) in [6.07, 6.45) is -0.362. The van der Waals surface area contributed by atoms with E-state index in [2.05, 4.69) is 53.1 Å². The van der Waals surface area contributed by atoms with Gasteiger partial charge >= 0.3 is 5.97 Å². The fourth-order valence-electron chi connectivity index (χ4n) is 2.57. The van der Waals surface area contributed by atoms with Crippen molar-refractivity contribution < 1.29 is 14.0 Å². The third-order valence-corrected chi connectivity index (χ3v) is 6.91. The first-order valence-corrected chi connectivity index (χ1v) is 13.8. The Morgan fingerprint density at radius 2 is 1.50 bits per heavy atom. The molecule has 1 fully saturated rings. The second kappa shape index (κ2) is 5.09. The number of esters is 1. The molecule has 0 radical (unpaired) electrons.